The van der Waals surface area contributed by atoms with Gasteiger partial charge in [0.1, 0.15) is 0 Å². The van der Waals surface area contributed by atoms with Crippen LogP contribution in [-0.4, -0.2) is 30.8 Å². The Hall–Kier alpha value is -2.51. The number of carbonyl (C=O) groups is 1. The number of hydrogen-bond acceptors (Lipinski definition) is 5. The molecule has 3 rings (SSSR count). The maximum Gasteiger partial charge on any atom is 0.222 e. The number of carbonyl (C=O) groups excluding carboxylic acids is 1. The van der Waals surface area contributed by atoms with Crippen LogP contribution in [0.25, 0.3) is 0 Å². The van der Waals surface area contributed by atoms with Crippen LogP contribution in [0.1, 0.15) is 31.4 Å². The van der Waals surface area contributed by atoms with E-state index in [0.717, 1.165) is 24.6 Å². The Kier molecular flexibility index (Phi) is 6.82. The SMILES string of the molecule is C=CN=C/C(F)=C(\C)NC1C2CC(CC2NCC(N)c2ccccc2)C1C(N)=O. The Labute approximate surface area is 171 Å². The molecule has 1 amide bonds. The molecule has 0 aromatic heterocycles. The summed E-state index contributed by atoms with van der Waals surface area (Å²) in [6, 6.07) is 9.84. The van der Waals surface area contributed by atoms with Gasteiger partial charge in [-0.2, -0.15) is 0 Å². The Morgan fingerprint density at radius 1 is 1.38 bits per heavy atom. The molecule has 0 radical (unpaired) electrons. The molecule has 7 heteroatoms. The minimum Gasteiger partial charge on any atom is -0.382 e. The van der Waals surface area contributed by atoms with E-state index in [2.05, 4.69) is 22.2 Å². The summed E-state index contributed by atoms with van der Waals surface area (Å²) in [5.41, 5.74) is 13.4. The molecule has 6 atom stereocenters. The van der Waals surface area contributed by atoms with E-state index in [1.807, 2.05) is 30.3 Å². The zero-order valence-electron chi connectivity index (χ0n) is 16.7. The summed E-state index contributed by atoms with van der Waals surface area (Å²) in [6.07, 6.45) is 4.14. The standard InChI is InChI=1S/C22H30FN5O/c1-3-26-11-17(23)13(2)28-21-16-9-15(20(21)22(25)29)10-19(16)27-12-18(24)14-7-5-4-6-8-14/h3-8,11,15-16,18-21,27-28H,1,9-10,12,24H2,2H3,(H2,25,29)/b17-13-,26-11?. The van der Waals surface area contributed by atoms with Crippen LogP contribution in [0.15, 0.2) is 59.6 Å². The second-order valence-electron chi connectivity index (χ2n) is 7.96. The van der Waals surface area contributed by atoms with E-state index >= 15 is 0 Å². The average Bonchev–Trinajstić information content (AvgIpc) is 3.28. The van der Waals surface area contributed by atoms with E-state index in [9.17, 15) is 9.18 Å². The van der Waals surface area contributed by atoms with Crippen molar-refractivity contribution < 1.29 is 9.18 Å². The van der Waals surface area contributed by atoms with Crippen LogP contribution in [0.4, 0.5) is 4.39 Å². The number of halogens is 1. The van der Waals surface area contributed by atoms with Gasteiger partial charge in [-0.25, -0.2) is 4.39 Å². The highest BCUT2D eigenvalue weighted by Crippen LogP contribution is 2.49. The third-order valence-electron chi connectivity index (χ3n) is 6.20. The highest BCUT2D eigenvalue weighted by molar-refractivity contribution is 5.79. The first-order valence-electron chi connectivity index (χ1n) is 10.0. The predicted octanol–water partition coefficient (Wildman–Crippen LogP) is 2.16. The molecule has 156 valence electrons. The lowest BCUT2D eigenvalue weighted by atomic mass is 9.81. The lowest BCUT2D eigenvalue weighted by molar-refractivity contribution is -0.124. The largest absolute Gasteiger partial charge is 0.382 e. The molecule has 2 saturated carbocycles. The van der Waals surface area contributed by atoms with Gasteiger partial charge >= 0.3 is 0 Å². The third-order valence-corrected chi connectivity index (χ3v) is 6.20. The fourth-order valence-electron chi connectivity index (χ4n) is 4.83. The number of nitrogens with one attached hydrogen (secondary N) is 2. The van der Waals surface area contributed by atoms with Crippen LogP contribution in [0.3, 0.4) is 0 Å². The molecule has 2 fully saturated rings. The van der Waals surface area contributed by atoms with E-state index in [1.54, 1.807) is 6.92 Å². The first kappa shape index (κ1) is 21.2. The molecule has 0 saturated heterocycles. The lowest BCUT2D eigenvalue weighted by Crippen LogP contribution is -2.53. The zero-order valence-corrected chi connectivity index (χ0v) is 16.7. The van der Waals surface area contributed by atoms with Gasteiger partial charge < -0.3 is 22.1 Å². The maximum absolute atomic E-state index is 14.2. The van der Waals surface area contributed by atoms with Gasteiger partial charge in [0.05, 0.1) is 12.1 Å². The number of benzene rings is 1. The fourth-order valence-corrected chi connectivity index (χ4v) is 4.83. The van der Waals surface area contributed by atoms with Gasteiger partial charge in [0.2, 0.25) is 5.91 Å². The minimum atomic E-state index is -0.480. The van der Waals surface area contributed by atoms with Crippen LogP contribution in [0, 0.1) is 17.8 Å². The number of amides is 1. The molecule has 6 unspecified atom stereocenters. The number of nitrogens with two attached hydrogens (primary N) is 2. The van der Waals surface area contributed by atoms with E-state index in [4.69, 9.17) is 11.5 Å². The van der Waals surface area contributed by atoms with Crippen molar-refractivity contribution in [3.05, 3.63) is 60.2 Å². The third kappa shape index (κ3) is 4.74. The second-order valence-corrected chi connectivity index (χ2v) is 7.96. The number of hydrogen-bond donors (Lipinski definition) is 4. The summed E-state index contributed by atoms with van der Waals surface area (Å²) in [5, 5.41) is 6.78. The normalized spacial score (nSPS) is 30.2. The predicted molar refractivity (Wildman–Crippen MR) is 113 cm³/mol. The van der Waals surface area contributed by atoms with Crippen LogP contribution < -0.4 is 22.1 Å². The van der Waals surface area contributed by atoms with Crippen molar-refractivity contribution in [3.8, 4) is 0 Å². The molecule has 0 heterocycles. The Morgan fingerprint density at radius 3 is 2.76 bits per heavy atom. The van der Waals surface area contributed by atoms with E-state index in [0.29, 0.717) is 12.2 Å². The summed E-state index contributed by atoms with van der Waals surface area (Å²) < 4.78 is 14.2. The van der Waals surface area contributed by atoms with Crippen LogP contribution >= 0.6 is 0 Å². The van der Waals surface area contributed by atoms with Gasteiger partial charge in [0.25, 0.3) is 0 Å². The fraction of sp³-hybridized carbons (Fsp3) is 0.455. The smallest absolute Gasteiger partial charge is 0.222 e. The molecule has 2 aliphatic carbocycles. The van der Waals surface area contributed by atoms with Crippen molar-refractivity contribution in [1.82, 2.24) is 10.6 Å². The number of allylic oxidation sites excluding steroid dienone is 2. The van der Waals surface area contributed by atoms with Gasteiger partial charge in [-0.3, -0.25) is 9.79 Å². The average molecular weight is 400 g/mol. The van der Waals surface area contributed by atoms with Gasteiger partial charge in [-0.15, -0.1) is 0 Å². The van der Waals surface area contributed by atoms with Crippen molar-refractivity contribution in [3.63, 3.8) is 0 Å². The van der Waals surface area contributed by atoms with Gasteiger partial charge in [-0.05, 0) is 37.2 Å². The molecule has 2 bridgehead atoms. The molecular weight excluding hydrogens is 369 g/mol. The van der Waals surface area contributed by atoms with E-state index in [1.165, 1.54) is 6.20 Å². The lowest BCUT2D eigenvalue weighted by Gasteiger charge is -2.36. The second kappa shape index (κ2) is 9.33. The number of fused-ring (bicyclic) bond motifs is 2. The summed E-state index contributed by atoms with van der Waals surface area (Å²) in [7, 11) is 0. The molecule has 29 heavy (non-hydrogen) atoms. The Balaban J connectivity index is 1.68. The van der Waals surface area contributed by atoms with Crippen LogP contribution in [-0.2, 0) is 4.79 Å². The van der Waals surface area contributed by atoms with Gasteiger partial charge in [0, 0.05) is 36.6 Å². The first-order valence-corrected chi connectivity index (χ1v) is 10.0. The monoisotopic (exact) mass is 399 g/mol. The van der Waals surface area contributed by atoms with E-state index < -0.39 is 5.83 Å². The molecule has 1 aromatic carbocycles. The van der Waals surface area contributed by atoms with Crippen molar-refractivity contribution >= 4 is 12.1 Å². The number of nitrogens with zero attached hydrogens (tertiary/aromatic N) is 1. The minimum absolute atomic E-state index is 0.108. The quantitative estimate of drug-likeness (QED) is 0.478. The number of rotatable bonds is 9. The Bertz CT molecular complexity index is 794. The molecule has 6 nitrogen and oxygen atoms in total. The molecule has 2 aliphatic rings. The highest BCUT2D eigenvalue weighted by Gasteiger charge is 2.54. The number of primary amides is 1. The van der Waals surface area contributed by atoms with Crippen molar-refractivity contribution in [1.29, 1.82) is 0 Å². The summed E-state index contributed by atoms with van der Waals surface area (Å²) >= 11 is 0. The Morgan fingerprint density at radius 2 is 2.10 bits per heavy atom. The van der Waals surface area contributed by atoms with E-state index in [-0.39, 0.29) is 41.8 Å². The summed E-state index contributed by atoms with van der Waals surface area (Å²) in [4.78, 5) is 15.8. The molecule has 0 spiro atoms. The molecule has 6 N–H and O–H groups in total. The van der Waals surface area contributed by atoms with Crippen LogP contribution in [0.2, 0.25) is 0 Å². The molecular formula is C22H30FN5O. The summed E-state index contributed by atoms with van der Waals surface area (Å²) in [5.74, 6) is -0.744. The highest BCUT2D eigenvalue weighted by atomic mass is 19.1. The first-order chi connectivity index (χ1) is 13.9. The van der Waals surface area contributed by atoms with Crippen molar-refractivity contribution in [2.75, 3.05) is 6.54 Å². The van der Waals surface area contributed by atoms with Gasteiger partial charge in [0.15, 0.2) is 5.83 Å². The van der Waals surface area contributed by atoms with Crippen LogP contribution in [0.5, 0.6) is 0 Å². The molecule has 0 aliphatic heterocycles. The number of aliphatic imine (C=N–C) groups is 1. The molecule has 1 aromatic rings. The topological polar surface area (TPSA) is 106 Å². The van der Waals surface area contributed by atoms with Crippen molar-refractivity contribution in [2.24, 2.45) is 34.2 Å². The van der Waals surface area contributed by atoms with Gasteiger partial charge in [-0.1, -0.05) is 36.9 Å². The zero-order chi connectivity index (χ0) is 21.0. The van der Waals surface area contributed by atoms with Crippen molar-refractivity contribution in [2.45, 2.75) is 37.9 Å². The maximum atomic E-state index is 14.2. The summed E-state index contributed by atoms with van der Waals surface area (Å²) in [6.45, 7) is 5.72.